The fraction of sp³-hybridized carbons (Fsp3) is 0.667. The van der Waals surface area contributed by atoms with Crippen molar-refractivity contribution >= 4 is 16.5 Å². The lowest BCUT2D eigenvalue weighted by atomic mass is 11.0. The number of hydrogen-bond donors (Lipinski definition) is 0. The third-order valence-electron chi connectivity index (χ3n) is 0.211. The number of rotatable bonds is 0. The van der Waals surface area contributed by atoms with Crippen molar-refractivity contribution in [2.45, 2.75) is 6.92 Å². The smallest absolute Gasteiger partial charge is 0.0400 e. The quantitative estimate of drug-likeness (QED) is 0.387. The maximum absolute atomic E-state index is 3.72. The van der Waals surface area contributed by atoms with Crippen LogP contribution in [0.5, 0.6) is 0 Å². The zero-order chi connectivity index (χ0) is 4.12. The summed E-state index contributed by atoms with van der Waals surface area (Å²) in [6.07, 6.45) is 0. The highest BCUT2D eigenvalue weighted by atomic mass is 32.1. The Bertz CT molecular complexity index is 55.3. The highest BCUT2D eigenvalue weighted by Gasteiger charge is 1.35. The molecule has 0 unspecified atom stereocenters. The van der Waals surface area contributed by atoms with Gasteiger partial charge in [0, 0.05) is 7.05 Å². The molecule has 30 valence electrons. The minimum atomic E-state index is 1.46. The van der Waals surface area contributed by atoms with Crippen LogP contribution in [0.15, 0.2) is 4.36 Å². The van der Waals surface area contributed by atoms with E-state index >= 15 is 0 Å². The Kier molecular flexibility index (Phi) is 3.80. The van der Waals surface area contributed by atoms with E-state index in [1.165, 1.54) is 11.1 Å². The molecule has 0 fully saturated rings. The van der Waals surface area contributed by atoms with Crippen LogP contribution in [0, 0.1) is 0 Å². The average Bonchev–Trinajstić information content (AvgIpc) is 1.41. The van der Waals surface area contributed by atoms with Crippen LogP contribution >= 0.6 is 0 Å². The molecular formula is C3H7NS. The Morgan fingerprint density at radius 2 is 2.40 bits per heavy atom. The molecule has 1 nitrogen and oxygen atoms in total. The average molecular weight is 89.2 g/mol. The molecule has 0 aliphatic carbocycles. The van der Waals surface area contributed by atoms with E-state index in [1.54, 1.807) is 7.05 Å². The van der Waals surface area contributed by atoms with Crippen LogP contribution < -0.4 is 0 Å². The summed E-state index contributed by atoms with van der Waals surface area (Å²) in [6, 6.07) is 0. The first-order valence-electron chi connectivity index (χ1n) is 1.44. The standard InChI is InChI=1S/C3H7NS/c1-3-5-4-2/h3H,1-2H3. The van der Waals surface area contributed by atoms with Crippen molar-refractivity contribution in [2.75, 3.05) is 7.05 Å². The Hall–Kier alpha value is -0.110. The highest BCUT2D eigenvalue weighted by molar-refractivity contribution is 7.67. The van der Waals surface area contributed by atoms with Crippen molar-refractivity contribution in [1.82, 2.24) is 0 Å². The van der Waals surface area contributed by atoms with E-state index in [1.807, 2.05) is 12.3 Å². The summed E-state index contributed by atoms with van der Waals surface area (Å²) in [6.45, 7) is 1.96. The maximum atomic E-state index is 3.72. The maximum Gasteiger partial charge on any atom is 0.0400 e. The summed E-state index contributed by atoms with van der Waals surface area (Å²) in [5.41, 5.74) is 0. The molecule has 0 saturated carbocycles. The van der Waals surface area contributed by atoms with Crippen molar-refractivity contribution < 1.29 is 0 Å². The highest BCUT2D eigenvalue weighted by Crippen LogP contribution is 1.40. The first-order chi connectivity index (χ1) is 2.41. The van der Waals surface area contributed by atoms with Crippen LogP contribution in [0.2, 0.25) is 0 Å². The van der Waals surface area contributed by atoms with E-state index in [9.17, 15) is 0 Å². The molecular weight excluding hydrogens is 82.1 g/mol. The molecule has 0 aliphatic rings. The third kappa shape index (κ3) is 3.89. The molecule has 0 aromatic rings. The lowest BCUT2D eigenvalue weighted by Crippen LogP contribution is -1.47. The largest absolute Gasteiger partial charge is 0.234 e. The van der Waals surface area contributed by atoms with Crippen LogP contribution in [0.1, 0.15) is 6.92 Å². The van der Waals surface area contributed by atoms with Crippen LogP contribution in [0.4, 0.5) is 0 Å². The fourth-order valence-corrected chi connectivity index (χ4v) is 0.316. The van der Waals surface area contributed by atoms with Gasteiger partial charge >= 0.3 is 0 Å². The van der Waals surface area contributed by atoms with Crippen LogP contribution in [-0.2, 0) is 11.1 Å². The molecule has 5 heavy (non-hydrogen) atoms. The van der Waals surface area contributed by atoms with E-state index in [-0.39, 0.29) is 0 Å². The van der Waals surface area contributed by atoms with Gasteiger partial charge in [0.05, 0.1) is 0 Å². The third-order valence-corrected chi connectivity index (χ3v) is 0.632. The van der Waals surface area contributed by atoms with Gasteiger partial charge in [-0.15, -0.1) is 0 Å². The van der Waals surface area contributed by atoms with Crippen LogP contribution in [0.25, 0.3) is 0 Å². The molecule has 0 bridgehead atoms. The molecule has 0 rings (SSSR count). The Morgan fingerprint density at radius 1 is 1.80 bits per heavy atom. The van der Waals surface area contributed by atoms with E-state index < -0.39 is 0 Å². The minimum absolute atomic E-state index is 1.46. The van der Waals surface area contributed by atoms with Crippen LogP contribution in [0.3, 0.4) is 0 Å². The lowest BCUT2D eigenvalue weighted by molar-refractivity contribution is 1.53. The zero-order valence-corrected chi connectivity index (χ0v) is 4.25. The van der Waals surface area contributed by atoms with Crippen molar-refractivity contribution in [3.05, 3.63) is 0 Å². The molecule has 0 heterocycles. The summed E-state index contributed by atoms with van der Waals surface area (Å²) in [5.74, 6) is 0. The molecule has 0 radical (unpaired) electrons. The normalized spacial score (nSPS) is 6.00. The van der Waals surface area contributed by atoms with Crippen molar-refractivity contribution in [1.29, 1.82) is 0 Å². The molecule has 0 spiro atoms. The molecule has 2 heteroatoms. The SMILES string of the molecule is CC=S=NC. The molecule has 0 N–H and O–H groups in total. The number of hydrogen-bond acceptors (Lipinski definition) is 1. The Labute approximate surface area is 35.7 Å². The van der Waals surface area contributed by atoms with Crippen LogP contribution in [-0.4, -0.2) is 12.4 Å². The van der Waals surface area contributed by atoms with Gasteiger partial charge in [-0.05, 0) is 12.3 Å². The minimum Gasteiger partial charge on any atom is -0.234 e. The molecule has 0 atom stereocenters. The van der Waals surface area contributed by atoms with Gasteiger partial charge < -0.3 is 0 Å². The summed E-state index contributed by atoms with van der Waals surface area (Å²) in [5, 5.41) is 1.93. The second-order valence-corrected chi connectivity index (χ2v) is 1.57. The second-order valence-electron chi connectivity index (χ2n) is 0.524. The molecule has 0 amide bonds. The topological polar surface area (TPSA) is 12.4 Å². The van der Waals surface area contributed by atoms with E-state index in [0.717, 1.165) is 0 Å². The Morgan fingerprint density at radius 3 is 2.40 bits per heavy atom. The fourth-order valence-electron chi connectivity index (χ4n) is 0.105. The number of nitrogens with zero attached hydrogens (tertiary/aromatic N) is 1. The predicted molar refractivity (Wildman–Crippen MR) is 27.5 cm³/mol. The van der Waals surface area contributed by atoms with Gasteiger partial charge in [0.2, 0.25) is 0 Å². The predicted octanol–water partition coefficient (Wildman–Crippen LogP) is 0.705. The van der Waals surface area contributed by atoms with Gasteiger partial charge in [-0.25, -0.2) is 4.36 Å². The molecule has 0 saturated heterocycles. The lowest BCUT2D eigenvalue weighted by Gasteiger charge is -1.50. The van der Waals surface area contributed by atoms with Crippen molar-refractivity contribution in [3.8, 4) is 0 Å². The first-order valence-corrected chi connectivity index (χ1v) is 2.28. The van der Waals surface area contributed by atoms with Gasteiger partial charge in [-0.1, -0.05) is 11.1 Å². The van der Waals surface area contributed by atoms with E-state index in [0.29, 0.717) is 0 Å². The van der Waals surface area contributed by atoms with E-state index in [2.05, 4.69) is 4.36 Å². The summed E-state index contributed by atoms with van der Waals surface area (Å²) >= 11 is 1.46. The van der Waals surface area contributed by atoms with Crippen molar-refractivity contribution in [3.63, 3.8) is 0 Å². The van der Waals surface area contributed by atoms with Crippen molar-refractivity contribution in [2.24, 2.45) is 4.36 Å². The molecule has 0 aromatic carbocycles. The first kappa shape index (κ1) is 4.89. The van der Waals surface area contributed by atoms with Gasteiger partial charge in [0.25, 0.3) is 0 Å². The van der Waals surface area contributed by atoms with E-state index in [4.69, 9.17) is 0 Å². The summed E-state index contributed by atoms with van der Waals surface area (Å²) in [7, 11) is 1.77. The zero-order valence-electron chi connectivity index (χ0n) is 3.43. The second kappa shape index (κ2) is 3.89. The Balaban J connectivity index is 3.26. The molecule has 0 aliphatic heterocycles. The van der Waals surface area contributed by atoms with Gasteiger partial charge in [0.15, 0.2) is 0 Å². The summed E-state index contributed by atoms with van der Waals surface area (Å²) in [4.78, 5) is 0. The molecule has 0 aromatic heterocycles. The monoisotopic (exact) mass is 89.0 g/mol. The van der Waals surface area contributed by atoms with Gasteiger partial charge in [-0.3, -0.25) is 0 Å². The van der Waals surface area contributed by atoms with Gasteiger partial charge in [-0.2, -0.15) is 0 Å². The van der Waals surface area contributed by atoms with Gasteiger partial charge in [0.1, 0.15) is 0 Å². The summed E-state index contributed by atoms with van der Waals surface area (Å²) < 4.78 is 3.72.